The first-order valence-corrected chi connectivity index (χ1v) is 8.83. The fourth-order valence-electron chi connectivity index (χ4n) is 1.96. The summed E-state index contributed by atoms with van der Waals surface area (Å²) in [6.07, 6.45) is 0. The number of halogens is 2. The molecule has 6 nitrogen and oxygen atoms in total. The Morgan fingerprint density at radius 2 is 1.71 bits per heavy atom. The molecule has 1 aromatic heterocycles. The second-order valence-electron chi connectivity index (χ2n) is 4.71. The number of sulfonamides is 1. The van der Waals surface area contributed by atoms with E-state index < -0.39 is 10.0 Å². The molecule has 0 bridgehead atoms. The molecule has 2 aromatic carbocycles. The number of benzene rings is 2. The zero-order chi connectivity index (χ0) is 17.3. The monoisotopic (exact) mass is 382 g/mol. The van der Waals surface area contributed by atoms with E-state index in [2.05, 4.69) is 14.7 Å². The summed E-state index contributed by atoms with van der Waals surface area (Å²) in [7, 11) is -2.45. The fraction of sp³-hybridized carbons (Fsp3) is 0.0667. The number of aromatic nitrogens is 2. The van der Waals surface area contributed by atoms with Crippen LogP contribution < -0.4 is 4.74 Å². The van der Waals surface area contributed by atoms with Crippen molar-refractivity contribution in [1.82, 2.24) is 9.97 Å². The molecule has 0 aliphatic rings. The average Bonchev–Trinajstić information content (AvgIpc) is 2.55. The quantitative estimate of drug-likeness (QED) is 0.669. The van der Waals surface area contributed by atoms with Gasteiger partial charge in [0.2, 0.25) is 10.0 Å². The molecule has 9 heteroatoms. The summed E-state index contributed by atoms with van der Waals surface area (Å²) in [5.41, 5.74) is 0.924. The molecule has 0 unspecified atom stereocenters. The molecule has 0 N–H and O–H groups in total. The summed E-state index contributed by atoms with van der Waals surface area (Å²) in [4.78, 5) is 8.26. The summed E-state index contributed by atoms with van der Waals surface area (Å²) < 4.78 is 33.5. The molecule has 0 saturated heterocycles. The molecule has 0 aliphatic heterocycles. The zero-order valence-corrected chi connectivity index (χ0v) is 14.6. The Morgan fingerprint density at radius 1 is 1.00 bits per heavy atom. The van der Waals surface area contributed by atoms with Gasteiger partial charge in [-0.1, -0.05) is 29.3 Å². The van der Waals surface area contributed by atoms with Crippen molar-refractivity contribution in [3.05, 3.63) is 57.4 Å². The third kappa shape index (κ3) is 3.38. The first kappa shape index (κ1) is 16.8. The van der Waals surface area contributed by atoms with Crippen LogP contribution in [0.15, 0.2) is 47.4 Å². The molecule has 3 aromatic rings. The second-order valence-corrected chi connectivity index (χ2v) is 7.11. The molecule has 0 atom stereocenters. The first-order valence-electron chi connectivity index (χ1n) is 6.64. The number of rotatable bonds is 4. The van der Waals surface area contributed by atoms with Crippen molar-refractivity contribution >= 4 is 50.1 Å². The van der Waals surface area contributed by atoms with Gasteiger partial charge in [0.05, 0.1) is 17.5 Å². The molecule has 24 heavy (non-hydrogen) atoms. The molecule has 1 heterocycles. The van der Waals surface area contributed by atoms with E-state index in [0.29, 0.717) is 21.8 Å². The van der Waals surface area contributed by atoms with Gasteiger partial charge >= 0.3 is 0 Å². The molecule has 0 amide bonds. The van der Waals surface area contributed by atoms with Crippen LogP contribution in [0.3, 0.4) is 0 Å². The van der Waals surface area contributed by atoms with E-state index in [1.54, 1.807) is 18.2 Å². The number of fused-ring (bicyclic) bond motifs is 1. The number of methoxy groups -OCH3 is 1. The van der Waals surface area contributed by atoms with E-state index in [1.165, 1.54) is 31.4 Å². The van der Waals surface area contributed by atoms with Gasteiger partial charge in [-0.2, -0.15) is 0 Å². The van der Waals surface area contributed by atoms with Gasteiger partial charge in [0.15, 0.2) is 0 Å². The summed E-state index contributed by atoms with van der Waals surface area (Å²) >= 11 is 11.8. The highest BCUT2D eigenvalue weighted by molar-refractivity contribution is 7.94. The minimum atomic E-state index is -3.98. The maximum atomic E-state index is 12.3. The minimum absolute atomic E-state index is 0.0143. The lowest BCUT2D eigenvalue weighted by Gasteiger charge is -2.18. The van der Waals surface area contributed by atoms with Crippen molar-refractivity contribution in [2.24, 2.45) is 0 Å². The lowest BCUT2D eigenvalue weighted by atomic mass is 10.3. The molecule has 0 fully saturated rings. The van der Waals surface area contributed by atoms with Gasteiger partial charge < -0.3 is 14.4 Å². The maximum absolute atomic E-state index is 12.3. The highest BCUT2D eigenvalue weighted by Crippen LogP contribution is 2.33. The number of nitrogens with zero attached hydrogens (tertiary/aromatic N) is 3. The molecule has 124 valence electrons. The second kappa shape index (κ2) is 6.43. The lowest BCUT2D eigenvalue weighted by Crippen LogP contribution is -1.99. The normalized spacial score (nSPS) is 11.5. The topological polar surface area (TPSA) is 83.2 Å². The van der Waals surface area contributed by atoms with Crippen LogP contribution in [-0.2, 0) is 10.0 Å². The van der Waals surface area contributed by atoms with Crippen molar-refractivity contribution in [1.29, 1.82) is 0 Å². The Balaban J connectivity index is 2.00. The fourth-order valence-corrected chi connectivity index (χ4v) is 3.25. The van der Waals surface area contributed by atoms with Crippen LogP contribution in [0.5, 0.6) is 5.75 Å². The van der Waals surface area contributed by atoms with E-state index in [1.807, 2.05) is 0 Å². The largest absolute Gasteiger partial charge is 0.497 e. The highest BCUT2D eigenvalue weighted by Gasteiger charge is 2.12. The Hall–Kier alpha value is -2.09. The van der Waals surface area contributed by atoms with Crippen LogP contribution >= 0.6 is 23.2 Å². The Labute approximate surface area is 148 Å². The molecule has 0 spiro atoms. The van der Waals surface area contributed by atoms with Gasteiger partial charge in [-0.15, -0.1) is 0 Å². The Bertz CT molecular complexity index is 1010. The number of hydrogen-bond acceptors (Lipinski definition) is 5. The zero-order valence-electron chi connectivity index (χ0n) is 12.3. The summed E-state index contributed by atoms with van der Waals surface area (Å²) in [5, 5.41) is 0.305. The van der Waals surface area contributed by atoms with Crippen LogP contribution in [0.4, 0.5) is 5.82 Å². The first-order chi connectivity index (χ1) is 11.4. The SMILES string of the molecule is COc1ccc2nc([N-]S(=O)(=O)c3ccc(Cl)cc3)c(Cl)nc2c1. The summed E-state index contributed by atoms with van der Waals surface area (Å²) in [5.74, 6) is 0.413. The van der Waals surface area contributed by atoms with Gasteiger partial charge in [0.1, 0.15) is 10.9 Å². The standard InChI is InChI=1S/C15H10Cl2N3O3S/c1-23-10-4-7-12-13(8-10)18-14(17)15(19-12)20-24(21,22)11-5-2-9(16)3-6-11/h2-8H,1H3/q-1. The van der Waals surface area contributed by atoms with E-state index in [-0.39, 0.29) is 15.9 Å². The molecule has 0 radical (unpaired) electrons. The van der Waals surface area contributed by atoms with Crippen LogP contribution in [0.2, 0.25) is 10.2 Å². The smallest absolute Gasteiger partial charge is 0.202 e. The van der Waals surface area contributed by atoms with Crippen molar-refractivity contribution < 1.29 is 13.2 Å². The van der Waals surface area contributed by atoms with Gasteiger partial charge in [0.25, 0.3) is 0 Å². The third-order valence-electron chi connectivity index (χ3n) is 3.13. The van der Waals surface area contributed by atoms with Crippen LogP contribution in [0, 0.1) is 0 Å². The van der Waals surface area contributed by atoms with Crippen LogP contribution in [0.25, 0.3) is 15.8 Å². The van der Waals surface area contributed by atoms with Gasteiger partial charge in [0, 0.05) is 11.1 Å². The predicted octanol–water partition coefficient (Wildman–Crippen LogP) is 4.34. The number of ether oxygens (including phenoxy) is 1. The van der Waals surface area contributed by atoms with Crippen LogP contribution in [0.1, 0.15) is 0 Å². The van der Waals surface area contributed by atoms with E-state index in [4.69, 9.17) is 27.9 Å². The Kier molecular flexibility index (Phi) is 4.49. The third-order valence-corrected chi connectivity index (χ3v) is 4.92. The van der Waals surface area contributed by atoms with Gasteiger partial charge in [-0.25, -0.2) is 13.4 Å². The predicted molar refractivity (Wildman–Crippen MR) is 92.8 cm³/mol. The van der Waals surface area contributed by atoms with Crippen molar-refractivity contribution in [2.45, 2.75) is 4.90 Å². The summed E-state index contributed by atoms with van der Waals surface area (Å²) in [6.45, 7) is 0. The molecule has 0 saturated carbocycles. The van der Waals surface area contributed by atoms with Gasteiger partial charge in [-0.05, 0) is 41.7 Å². The van der Waals surface area contributed by atoms with Crippen molar-refractivity contribution in [3.63, 3.8) is 0 Å². The Morgan fingerprint density at radius 3 is 2.38 bits per heavy atom. The molecular formula is C15H10Cl2N3O3S-. The van der Waals surface area contributed by atoms with E-state index >= 15 is 0 Å². The molecule has 0 aliphatic carbocycles. The molecule has 3 rings (SSSR count). The van der Waals surface area contributed by atoms with E-state index in [9.17, 15) is 8.42 Å². The van der Waals surface area contributed by atoms with Gasteiger partial charge in [-0.3, -0.25) is 0 Å². The highest BCUT2D eigenvalue weighted by atomic mass is 35.5. The van der Waals surface area contributed by atoms with Crippen LogP contribution in [-0.4, -0.2) is 25.5 Å². The maximum Gasteiger partial charge on any atom is 0.202 e. The number of hydrogen-bond donors (Lipinski definition) is 0. The summed E-state index contributed by atoms with van der Waals surface area (Å²) in [6, 6.07) is 10.6. The van der Waals surface area contributed by atoms with Crippen molar-refractivity contribution in [2.75, 3.05) is 7.11 Å². The van der Waals surface area contributed by atoms with Crippen molar-refractivity contribution in [3.8, 4) is 5.75 Å². The minimum Gasteiger partial charge on any atom is -0.497 e. The lowest BCUT2D eigenvalue weighted by molar-refractivity contribution is 0.415. The van der Waals surface area contributed by atoms with E-state index in [0.717, 1.165) is 0 Å². The molecular weight excluding hydrogens is 373 g/mol. The average molecular weight is 383 g/mol.